The molecule has 0 saturated carbocycles. The highest BCUT2D eigenvalue weighted by Gasteiger charge is 2.41. The van der Waals surface area contributed by atoms with E-state index in [1.807, 2.05) is 6.92 Å². The number of benzene rings is 1. The van der Waals surface area contributed by atoms with Crippen molar-refractivity contribution >= 4 is 15.7 Å². The Labute approximate surface area is 124 Å². The van der Waals surface area contributed by atoms with Crippen molar-refractivity contribution in [3.05, 3.63) is 24.0 Å². The van der Waals surface area contributed by atoms with Gasteiger partial charge < -0.3 is 5.73 Å². The molecule has 2 fully saturated rings. The molecule has 0 bridgehead atoms. The van der Waals surface area contributed by atoms with Crippen LogP contribution in [0.4, 0.5) is 10.1 Å². The fourth-order valence-electron chi connectivity index (χ4n) is 3.41. The van der Waals surface area contributed by atoms with Gasteiger partial charge in [-0.3, -0.25) is 4.90 Å². The second-order valence-corrected chi connectivity index (χ2v) is 7.70. The zero-order chi connectivity index (χ0) is 15.2. The van der Waals surface area contributed by atoms with E-state index < -0.39 is 15.8 Å². The van der Waals surface area contributed by atoms with E-state index in [0.29, 0.717) is 13.1 Å². The van der Waals surface area contributed by atoms with Crippen LogP contribution in [0, 0.1) is 5.82 Å². The number of hydrogen-bond acceptors (Lipinski definition) is 4. The predicted molar refractivity (Wildman–Crippen MR) is 78.8 cm³/mol. The minimum absolute atomic E-state index is 0.0314. The van der Waals surface area contributed by atoms with Crippen molar-refractivity contribution in [1.82, 2.24) is 9.21 Å². The Morgan fingerprint density at radius 3 is 2.81 bits per heavy atom. The molecule has 2 unspecified atom stereocenters. The first kappa shape index (κ1) is 14.7. The summed E-state index contributed by atoms with van der Waals surface area (Å²) in [7, 11) is -3.90. The van der Waals surface area contributed by atoms with Crippen LogP contribution in [0.2, 0.25) is 0 Å². The number of fused-ring (bicyclic) bond motifs is 1. The summed E-state index contributed by atoms with van der Waals surface area (Å²) in [6.45, 7) is 3.99. The van der Waals surface area contributed by atoms with Crippen LogP contribution in [0.3, 0.4) is 0 Å². The quantitative estimate of drug-likeness (QED) is 0.835. The lowest BCUT2D eigenvalue weighted by Gasteiger charge is -2.41. The number of nitrogen functional groups attached to an aromatic ring is 1. The van der Waals surface area contributed by atoms with E-state index >= 15 is 0 Å². The van der Waals surface area contributed by atoms with E-state index in [2.05, 4.69) is 4.90 Å². The molecule has 2 N–H and O–H groups in total. The van der Waals surface area contributed by atoms with Gasteiger partial charge in [-0.1, -0.05) is 6.07 Å². The molecule has 2 heterocycles. The molecule has 7 heteroatoms. The summed E-state index contributed by atoms with van der Waals surface area (Å²) >= 11 is 0. The molecule has 21 heavy (non-hydrogen) atoms. The lowest BCUT2D eigenvalue weighted by atomic mass is 10.1. The molecule has 5 nitrogen and oxygen atoms in total. The van der Waals surface area contributed by atoms with Crippen molar-refractivity contribution in [2.45, 2.75) is 36.7 Å². The van der Waals surface area contributed by atoms with E-state index in [-0.39, 0.29) is 22.7 Å². The molecule has 2 aliphatic rings. The van der Waals surface area contributed by atoms with Gasteiger partial charge >= 0.3 is 0 Å². The van der Waals surface area contributed by atoms with Gasteiger partial charge in [0.2, 0.25) is 10.0 Å². The SMILES string of the molecule is CC1CN2CCCC2CN1S(=O)(=O)c1c(N)cccc1F. The van der Waals surface area contributed by atoms with Gasteiger partial charge in [0, 0.05) is 25.2 Å². The molecule has 0 spiro atoms. The molecule has 0 amide bonds. The molecule has 2 aliphatic heterocycles. The maximum atomic E-state index is 14.0. The van der Waals surface area contributed by atoms with Crippen molar-refractivity contribution in [2.24, 2.45) is 0 Å². The minimum Gasteiger partial charge on any atom is -0.398 e. The van der Waals surface area contributed by atoms with Crippen LogP contribution in [0.1, 0.15) is 19.8 Å². The highest BCUT2D eigenvalue weighted by molar-refractivity contribution is 7.89. The summed E-state index contributed by atoms with van der Waals surface area (Å²) < 4.78 is 41.0. The van der Waals surface area contributed by atoms with E-state index in [4.69, 9.17) is 5.73 Å². The topological polar surface area (TPSA) is 66.6 Å². The van der Waals surface area contributed by atoms with Gasteiger partial charge in [0.1, 0.15) is 10.7 Å². The maximum absolute atomic E-state index is 14.0. The smallest absolute Gasteiger partial charge is 0.248 e. The lowest BCUT2D eigenvalue weighted by molar-refractivity contribution is 0.117. The van der Waals surface area contributed by atoms with Crippen LogP contribution in [0.25, 0.3) is 0 Å². The highest BCUT2D eigenvalue weighted by atomic mass is 32.2. The molecule has 116 valence electrons. The molecule has 1 aromatic carbocycles. The van der Waals surface area contributed by atoms with Crippen molar-refractivity contribution < 1.29 is 12.8 Å². The zero-order valence-corrected chi connectivity index (χ0v) is 12.8. The van der Waals surface area contributed by atoms with Crippen molar-refractivity contribution in [3.8, 4) is 0 Å². The number of rotatable bonds is 2. The van der Waals surface area contributed by atoms with Gasteiger partial charge in [-0.2, -0.15) is 4.31 Å². The first-order chi connectivity index (χ1) is 9.91. The van der Waals surface area contributed by atoms with Gasteiger partial charge in [0.15, 0.2) is 0 Å². The summed E-state index contributed by atoms with van der Waals surface area (Å²) in [6.07, 6.45) is 2.08. The first-order valence-corrected chi connectivity index (χ1v) is 8.65. The second kappa shape index (κ2) is 5.23. The third-order valence-electron chi connectivity index (χ3n) is 4.44. The molecule has 2 atom stereocenters. The highest BCUT2D eigenvalue weighted by Crippen LogP contribution is 2.31. The van der Waals surface area contributed by atoms with Crippen molar-refractivity contribution in [2.75, 3.05) is 25.4 Å². The fraction of sp³-hybridized carbons (Fsp3) is 0.571. The van der Waals surface area contributed by atoms with Crippen molar-refractivity contribution in [1.29, 1.82) is 0 Å². The largest absolute Gasteiger partial charge is 0.398 e. The van der Waals surface area contributed by atoms with Crippen LogP contribution >= 0.6 is 0 Å². The molecule has 0 aliphatic carbocycles. The Morgan fingerprint density at radius 1 is 1.33 bits per heavy atom. The lowest BCUT2D eigenvalue weighted by Crippen LogP contribution is -2.56. The third-order valence-corrected chi connectivity index (χ3v) is 6.52. The number of halogens is 1. The van der Waals surface area contributed by atoms with Gasteiger partial charge in [0.25, 0.3) is 0 Å². The fourth-order valence-corrected chi connectivity index (χ4v) is 5.23. The molecular formula is C14H20FN3O2S. The Hall–Kier alpha value is -1.18. The first-order valence-electron chi connectivity index (χ1n) is 7.21. The van der Waals surface area contributed by atoms with Gasteiger partial charge in [-0.05, 0) is 38.4 Å². The molecule has 0 radical (unpaired) electrons. The number of nitrogens with zero attached hydrogens (tertiary/aromatic N) is 2. The summed E-state index contributed by atoms with van der Waals surface area (Å²) in [5, 5.41) is 0. The predicted octanol–water partition coefficient (Wildman–Crippen LogP) is 1.27. The Morgan fingerprint density at radius 2 is 2.10 bits per heavy atom. The number of sulfonamides is 1. The van der Waals surface area contributed by atoms with E-state index in [1.54, 1.807) is 0 Å². The van der Waals surface area contributed by atoms with E-state index in [9.17, 15) is 12.8 Å². The summed E-state index contributed by atoms with van der Waals surface area (Å²) in [6, 6.07) is 4.04. The Balaban J connectivity index is 1.98. The molecule has 3 rings (SSSR count). The number of anilines is 1. The zero-order valence-electron chi connectivity index (χ0n) is 12.0. The minimum atomic E-state index is -3.90. The number of nitrogens with two attached hydrogens (primary N) is 1. The van der Waals surface area contributed by atoms with Gasteiger partial charge in [-0.15, -0.1) is 0 Å². The van der Waals surface area contributed by atoms with Crippen LogP contribution in [0.5, 0.6) is 0 Å². The summed E-state index contributed by atoms with van der Waals surface area (Å²) in [5.74, 6) is -0.781. The monoisotopic (exact) mass is 313 g/mol. The van der Waals surface area contributed by atoms with Crippen LogP contribution in [-0.4, -0.2) is 49.3 Å². The average molecular weight is 313 g/mol. The normalized spacial score (nSPS) is 27.7. The number of piperazine rings is 1. The molecular weight excluding hydrogens is 293 g/mol. The van der Waals surface area contributed by atoms with E-state index in [1.165, 1.54) is 16.4 Å². The van der Waals surface area contributed by atoms with E-state index in [0.717, 1.165) is 25.5 Å². The van der Waals surface area contributed by atoms with Crippen molar-refractivity contribution in [3.63, 3.8) is 0 Å². The molecule has 0 aromatic heterocycles. The second-order valence-electron chi connectivity index (χ2n) is 5.87. The average Bonchev–Trinajstić information content (AvgIpc) is 2.84. The molecule has 2 saturated heterocycles. The van der Waals surface area contributed by atoms with Crippen LogP contribution < -0.4 is 5.73 Å². The molecule has 1 aromatic rings. The maximum Gasteiger partial charge on any atom is 0.248 e. The van der Waals surface area contributed by atoms with Gasteiger partial charge in [-0.25, -0.2) is 12.8 Å². The Bertz CT molecular complexity index is 629. The third kappa shape index (κ3) is 2.43. The van der Waals surface area contributed by atoms with Crippen LogP contribution in [0.15, 0.2) is 23.1 Å². The standard InChI is InChI=1S/C14H20FN3O2S/c1-10-8-17-7-3-4-11(17)9-18(10)21(19,20)14-12(15)5-2-6-13(14)16/h2,5-6,10-11H,3-4,7-9,16H2,1H3. The Kier molecular flexibility index (Phi) is 3.67. The summed E-state index contributed by atoms with van der Waals surface area (Å²) in [5.41, 5.74) is 5.68. The van der Waals surface area contributed by atoms with Gasteiger partial charge in [0.05, 0.1) is 5.69 Å². The van der Waals surface area contributed by atoms with Crippen LogP contribution in [-0.2, 0) is 10.0 Å². The summed E-state index contributed by atoms with van der Waals surface area (Å²) in [4.78, 5) is 1.93. The number of hydrogen-bond donors (Lipinski definition) is 1.